The molecular weight excluding hydrogens is 209 g/mol. The minimum Gasteiger partial charge on any atom is -0.316 e. The first-order valence-corrected chi connectivity index (χ1v) is 6.18. The zero-order valence-corrected chi connectivity index (χ0v) is 9.75. The Hall–Kier alpha value is -0.800. The normalized spacial score (nSPS) is 14.6. The molecule has 1 aromatic rings. The summed E-state index contributed by atoms with van der Waals surface area (Å²) >= 11 is 1.60. The second-order valence-corrected chi connectivity index (χ2v) is 4.48. The third-order valence-corrected chi connectivity index (χ3v) is 3.35. The van der Waals surface area contributed by atoms with Crippen LogP contribution in [0.3, 0.4) is 0 Å². The molecule has 1 nitrogen and oxygen atoms in total. The summed E-state index contributed by atoms with van der Waals surface area (Å²) in [6, 6.07) is 5.04. The molecule has 0 atom stereocenters. The molecule has 0 aromatic heterocycles. The predicted molar refractivity (Wildman–Crippen MR) is 63.6 cm³/mol. The van der Waals surface area contributed by atoms with E-state index in [1.165, 1.54) is 22.8 Å². The molecule has 0 aliphatic heterocycles. The Bertz CT molecular complexity index is 412. The van der Waals surface area contributed by atoms with E-state index in [9.17, 15) is 4.39 Å². The predicted octanol–water partition coefficient (Wildman–Crippen LogP) is 2.92. The fraction of sp³-hybridized carbons (Fsp3) is 0.333. The van der Waals surface area contributed by atoms with E-state index in [2.05, 4.69) is 5.32 Å². The zero-order valence-electron chi connectivity index (χ0n) is 8.93. The van der Waals surface area contributed by atoms with Gasteiger partial charge in [-0.25, -0.2) is 4.39 Å². The van der Waals surface area contributed by atoms with E-state index in [0.717, 1.165) is 17.9 Å². The molecular formula is C12H14FNS. The monoisotopic (exact) mass is 223 g/mol. The van der Waals surface area contributed by atoms with Gasteiger partial charge in [-0.3, -0.25) is 0 Å². The summed E-state index contributed by atoms with van der Waals surface area (Å²) in [7, 11) is 1.95. The lowest BCUT2D eigenvalue weighted by Gasteiger charge is -2.03. The highest BCUT2D eigenvalue weighted by molar-refractivity contribution is 7.98. The maximum Gasteiger partial charge on any atom is 0.124 e. The van der Waals surface area contributed by atoms with Crippen LogP contribution in [0.25, 0.3) is 5.57 Å². The van der Waals surface area contributed by atoms with Crippen molar-refractivity contribution in [3.8, 4) is 0 Å². The van der Waals surface area contributed by atoms with Crippen molar-refractivity contribution in [2.75, 3.05) is 19.8 Å². The number of allylic oxidation sites excluding steroid dienone is 1. The molecule has 0 unspecified atom stereocenters. The maximum atomic E-state index is 13.0. The first-order chi connectivity index (χ1) is 7.26. The number of hydrogen-bond donors (Lipinski definition) is 1. The van der Waals surface area contributed by atoms with Crippen LogP contribution in [0, 0.1) is 5.82 Å². The molecule has 80 valence electrons. The highest BCUT2D eigenvalue weighted by Gasteiger charge is 2.24. The van der Waals surface area contributed by atoms with Crippen molar-refractivity contribution in [3.05, 3.63) is 35.2 Å². The van der Waals surface area contributed by atoms with Gasteiger partial charge in [0, 0.05) is 11.4 Å². The van der Waals surface area contributed by atoms with Gasteiger partial charge in [-0.15, -0.1) is 11.8 Å². The molecule has 1 aliphatic carbocycles. The third kappa shape index (κ3) is 2.24. The number of nitrogens with one attached hydrogen (secondary N) is 1. The first kappa shape index (κ1) is 10.7. The molecule has 0 saturated heterocycles. The maximum absolute atomic E-state index is 13.0. The summed E-state index contributed by atoms with van der Waals surface area (Å²) in [4.78, 5) is 1.04. The van der Waals surface area contributed by atoms with Crippen molar-refractivity contribution < 1.29 is 4.39 Å². The Kier molecular flexibility index (Phi) is 3.12. The Morgan fingerprint density at radius 2 is 2.27 bits per heavy atom. The van der Waals surface area contributed by atoms with E-state index < -0.39 is 0 Å². The Morgan fingerprint density at radius 3 is 2.93 bits per heavy atom. The van der Waals surface area contributed by atoms with Crippen molar-refractivity contribution >= 4 is 17.3 Å². The molecule has 0 fully saturated rings. The number of likely N-dealkylation sites (N-methyl/N-ethyl adjacent to an activating group) is 1. The van der Waals surface area contributed by atoms with Crippen molar-refractivity contribution in [1.29, 1.82) is 0 Å². The van der Waals surface area contributed by atoms with Gasteiger partial charge >= 0.3 is 0 Å². The first-order valence-electron chi connectivity index (χ1n) is 4.95. The van der Waals surface area contributed by atoms with E-state index in [-0.39, 0.29) is 5.82 Å². The van der Waals surface area contributed by atoms with Crippen molar-refractivity contribution in [2.45, 2.75) is 11.3 Å². The third-order valence-electron chi connectivity index (χ3n) is 2.57. The number of benzene rings is 1. The number of thioether (sulfide) groups is 1. The molecule has 0 saturated carbocycles. The average Bonchev–Trinajstić information content (AvgIpc) is 2.97. The topological polar surface area (TPSA) is 12.0 Å². The summed E-state index contributed by atoms with van der Waals surface area (Å²) in [5.74, 6) is -0.153. The quantitative estimate of drug-likeness (QED) is 0.788. The molecule has 0 heterocycles. The molecule has 2 rings (SSSR count). The van der Waals surface area contributed by atoms with Gasteiger partial charge in [0.2, 0.25) is 0 Å². The van der Waals surface area contributed by atoms with E-state index >= 15 is 0 Å². The van der Waals surface area contributed by atoms with Gasteiger partial charge in [-0.1, -0.05) is 6.07 Å². The highest BCUT2D eigenvalue weighted by atomic mass is 32.2. The molecule has 0 spiro atoms. The van der Waals surface area contributed by atoms with Crippen LogP contribution in [-0.2, 0) is 0 Å². The fourth-order valence-corrected chi connectivity index (χ4v) is 2.39. The minimum absolute atomic E-state index is 0.153. The lowest BCUT2D eigenvalue weighted by atomic mass is 10.2. The zero-order chi connectivity index (χ0) is 10.8. The SMILES string of the molecule is CNCC1=C(c2ccc(F)cc2SC)C1. The van der Waals surface area contributed by atoms with Gasteiger partial charge in [0.15, 0.2) is 0 Å². The Balaban J connectivity index is 2.30. The average molecular weight is 223 g/mol. The molecule has 0 bridgehead atoms. The summed E-state index contributed by atoms with van der Waals surface area (Å²) in [6.07, 6.45) is 3.05. The smallest absolute Gasteiger partial charge is 0.124 e. The van der Waals surface area contributed by atoms with Crippen LogP contribution < -0.4 is 5.32 Å². The molecule has 0 radical (unpaired) electrons. The molecule has 15 heavy (non-hydrogen) atoms. The van der Waals surface area contributed by atoms with Crippen LogP contribution in [-0.4, -0.2) is 19.8 Å². The number of rotatable bonds is 4. The van der Waals surface area contributed by atoms with Crippen molar-refractivity contribution in [3.63, 3.8) is 0 Å². The highest BCUT2D eigenvalue weighted by Crippen LogP contribution is 2.43. The fourth-order valence-electron chi connectivity index (χ4n) is 1.75. The Labute approximate surface area is 93.8 Å². The van der Waals surface area contributed by atoms with Gasteiger partial charge in [0.1, 0.15) is 5.82 Å². The van der Waals surface area contributed by atoms with E-state index in [4.69, 9.17) is 0 Å². The minimum atomic E-state index is -0.153. The molecule has 1 N–H and O–H groups in total. The van der Waals surface area contributed by atoms with Gasteiger partial charge < -0.3 is 5.32 Å². The van der Waals surface area contributed by atoms with Crippen molar-refractivity contribution in [1.82, 2.24) is 5.32 Å². The van der Waals surface area contributed by atoms with E-state index in [1.807, 2.05) is 19.4 Å². The van der Waals surface area contributed by atoms with Crippen LogP contribution in [0.1, 0.15) is 12.0 Å². The molecule has 0 amide bonds. The summed E-state index contributed by atoms with van der Waals surface area (Å²) < 4.78 is 13.0. The van der Waals surface area contributed by atoms with Crippen LogP contribution in [0.2, 0.25) is 0 Å². The molecule has 3 heteroatoms. The van der Waals surface area contributed by atoms with Gasteiger partial charge in [-0.2, -0.15) is 0 Å². The standard InChI is InChI=1S/C12H14FNS/c1-14-7-8-5-11(8)10-4-3-9(13)6-12(10)15-2/h3-4,6,14H,5,7H2,1-2H3. The number of halogens is 1. The van der Waals surface area contributed by atoms with E-state index in [0.29, 0.717) is 0 Å². The van der Waals surface area contributed by atoms with Crippen LogP contribution >= 0.6 is 11.8 Å². The number of hydrogen-bond acceptors (Lipinski definition) is 2. The Morgan fingerprint density at radius 1 is 1.47 bits per heavy atom. The largest absolute Gasteiger partial charge is 0.316 e. The molecule has 1 aromatic carbocycles. The van der Waals surface area contributed by atoms with Crippen LogP contribution in [0.4, 0.5) is 4.39 Å². The second kappa shape index (κ2) is 4.37. The van der Waals surface area contributed by atoms with Gasteiger partial charge in [0.05, 0.1) is 0 Å². The lowest BCUT2D eigenvalue weighted by molar-refractivity contribution is 0.624. The summed E-state index contributed by atoms with van der Waals surface area (Å²) in [6.45, 7) is 0.945. The van der Waals surface area contributed by atoms with Crippen LogP contribution in [0.5, 0.6) is 0 Å². The second-order valence-electron chi connectivity index (χ2n) is 3.63. The summed E-state index contributed by atoms with van der Waals surface area (Å²) in [5.41, 5.74) is 4.03. The summed E-state index contributed by atoms with van der Waals surface area (Å²) in [5, 5.41) is 3.14. The van der Waals surface area contributed by atoms with Crippen LogP contribution in [0.15, 0.2) is 28.7 Å². The molecule has 1 aliphatic rings. The lowest BCUT2D eigenvalue weighted by Crippen LogP contribution is -2.05. The van der Waals surface area contributed by atoms with Gasteiger partial charge in [-0.05, 0) is 48.6 Å². The van der Waals surface area contributed by atoms with Gasteiger partial charge in [0.25, 0.3) is 0 Å². The van der Waals surface area contributed by atoms with Crippen molar-refractivity contribution in [2.24, 2.45) is 0 Å². The van der Waals surface area contributed by atoms with E-state index in [1.54, 1.807) is 17.8 Å².